The number of carboxylic acid groups (broad SMARTS) is 1. The Kier molecular flexibility index (Phi) is 4.39. The number of carbonyl (C=O) groups excluding carboxylic acids is 1. The van der Waals surface area contributed by atoms with Crippen LogP contribution in [0.5, 0.6) is 0 Å². The van der Waals surface area contributed by atoms with Gasteiger partial charge in [-0.15, -0.1) is 0 Å². The molecule has 2 fully saturated rings. The van der Waals surface area contributed by atoms with Gasteiger partial charge in [0.05, 0.1) is 0 Å². The first-order chi connectivity index (χ1) is 11.3. The molecule has 2 heterocycles. The summed E-state index contributed by atoms with van der Waals surface area (Å²) in [5, 5.41) is 9.11. The predicted octanol–water partition coefficient (Wildman–Crippen LogP) is 1.05. The molecule has 1 saturated heterocycles. The largest absolute Gasteiger partial charge is 0.480 e. The van der Waals surface area contributed by atoms with Gasteiger partial charge in [0.2, 0.25) is 5.09 Å². The van der Waals surface area contributed by atoms with Crippen LogP contribution in [0.1, 0.15) is 42.7 Å². The van der Waals surface area contributed by atoms with Gasteiger partial charge in [-0.1, -0.05) is 12.8 Å². The van der Waals surface area contributed by atoms with Crippen LogP contribution in [0.15, 0.2) is 21.6 Å². The van der Waals surface area contributed by atoms with Crippen LogP contribution in [0.3, 0.4) is 0 Å². The molecule has 3 atom stereocenters. The molecule has 1 aliphatic carbocycles. The molecule has 3 rings (SSSR count). The van der Waals surface area contributed by atoms with Crippen molar-refractivity contribution >= 4 is 21.9 Å². The highest BCUT2D eigenvalue weighted by atomic mass is 32.2. The number of nitrogens with zero attached hydrogens (tertiary/aromatic N) is 1. The van der Waals surface area contributed by atoms with Crippen molar-refractivity contribution in [2.24, 2.45) is 5.92 Å². The van der Waals surface area contributed by atoms with Crippen LogP contribution in [-0.2, 0) is 14.8 Å². The summed E-state index contributed by atoms with van der Waals surface area (Å²) in [6, 6.07) is 1.46. The molecule has 0 radical (unpaired) electrons. The van der Waals surface area contributed by atoms with Gasteiger partial charge in [0, 0.05) is 6.04 Å². The lowest BCUT2D eigenvalue weighted by Crippen LogP contribution is -2.46. The van der Waals surface area contributed by atoms with Crippen molar-refractivity contribution < 1.29 is 27.5 Å². The molecule has 0 bridgehead atoms. The van der Waals surface area contributed by atoms with E-state index in [1.54, 1.807) is 0 Å². The number of amides is 1. The zero-order valence-electron chi connectivity index (χ0n) is 13.3. The van der Waals surface area contributed by atoms with Crippen LogP contribution >= 0.6 is 0 Å². The molecule has 2 aliphatic rings. The number of sulfonamides is 1. The van der Waals surface area contributed by atoms with Gasteiger partial charge >= 0.3 is 5.97 Å². The van der Waals surface area contributed by atoms with E-state index in [0.717, 1.165) is 25.7 Å². The third kappa shape index (κ3) is 2.82. The van der Waals surface area contributed by atoms with E-state index in [1.807, 2.05) is 0 Å². The fraction of sp³-hybridized carbons (Fsp3) is 0.600. The molecule has 1 aromatic rings. The summed E-state index contributed by atoms with van der Waals surface area (Å²) < 4.78 is 30.8. The summed E-state index contributed by atoms with van der Waals surface area (Å²) in [6.07, 6.45) is 4.11. The SMILES string of the molecule is CNS(=O)(=O)c1ccc(C(=O)N2[C@H](C(=O)O)C[C@H]3CCCC[C@@H]32)o1. The molecular weight excluding hydrogens is 336 g/mol. The molecule has 9 heteroatoms. The summed E-state index contributed by atoms with van der Waals surface area (Å²) in [4.78, 5) is 25.7. The van der Waals surface area contributed by atoms with Gasteiger partial charge in [0.1, 0.15) is 6.04 Å². The van der Waals surface area contributed by atoms with E-state index in [9.17, 15) is 23.1 Å². The number of hydrogen-bond acceptors (Lipinski definition) is 5. The van der Waals surface area contributed by atoms with Crippen LogP contribution in [0.4, 0.5) is 0 Å². The number of rotatable bonds is 4. The van der Waals surface area contributed by atoms with Crippen molar-refractivity contribution in [3.8, 4) is 0 Å². The number of fused-ring (bicyclic) bond motifs is 1. The lowest BCUT2D eigenvalue weighted by atomic mass is 9.84. The Bertz CT molecular complexity index is 756. The monoisotopic (exact) mass is 356 g/mol. The normalized spacial score (nSPS) is 27.0. The average Bonchev–Trinajstić information content (AvgIpc) is 3.19. The third-order valence-corrected chi connectivity index (χ3v) is 6.22. The van der Waals surface area contributed by atoms with Crippen LogP contribution in [0, 0.1) is 5.92 Å². The Morgan fingerprint density at radius 1 is 1.29 bits per heavy atom. The van der Waals surface area contributed by atoms with Gasteiger partial charge in [-0.25, -0.2) is 17.9 Å². The molecule has 0 aromatic carbocycles. The maximum atomic E-state index is 12.8. The average molecular weight is 356 g/mol. The minimum absolute atomic E-state index is 0.123. The van der Waals surface area contributed by atoms with E-state index in [-0.39, 0.29) is 22.8 Å². The highest BCUT2D eigenvalue weighted by Gasteiger charge is 2.48. The molecule has 0 spiro atoms. The fourth-order valence-electron chi connectivity index (χ4n) is 3.78. The number of carbonyl (C=O) groups is 2. The van der Waals surface area contributed by atoms with Crippen LogP contribution in [0.25, 0.3) is 0 Å². The molecular formula is C15H20N2O6S. The van der Waals surface area contributed by atoms with Crippen molar-refractivity contribution in [2.75, 3.05) is 7.05 Å². The van der Waals surface area contributed by atoms with Crippen LogP contribution in [-0.4, -0.2) is 49.4 Å². The Balaban J connectivity index is 1.91. The van der Waals surface area contributed by atoms with Crippen LogP contribution in [0.2, 0.25) is 0 Å². The molecule has 1 aliphatic heterocycles. The van der Waals surface area contributed by atoms with Crippen molar-refractivity contribution in [1.29, 1.82) is 0 Å². The first-order valence-electron chi connectivity index (χ1n) is 7.94. The number of furan rings is 1. The van der Waals surface area contributed by atoms with Crippen molar-refractivity contribution in [3.63, 3.8) is 0 Å². The standard InChI is InChI=1S/C15H20N2O6S/c1-16-24(21,22)13-7-6-12(23-13)14(18)17-10-5-3-2-4-9(10)8-11(17)15(19)20/h6-7,9-11,16H,2-5,8H2,1H3,(H,19,20)/t9-,10+,11+/m1/s1. The van der Waals surface area contributed by atoms with Gasteiger partial charge in [0.25, 0.3) is 15.9 Å². The van der Waals surface area contributed by atoms with Gasteiger partial charge in [-0.3, -0.25) is 4.79 Å². The Morgan fingerprint density at radius 3 is 2.67 bits per heavy atom. The Labute approximate surface area is 139 Å². The van der Waals surface area contributed by atoms with Gasteiger partial charge in [0.15, 0.2) is 5.76 Å². The minimum Gasteiger partial charge on any atom is -0.480 e. The summed E-state index contributed by atoms with van der Waals surface area (Å²) in [5.74, 6) is -1.57. The predicted molar refractivity (Wildman–Crippen MR) is 82.9 cm³/mol. The fourth-order valence-corrected chi connectivity index (χ4v) is 4.43. The van der Waals surface area contributed by atoms with E-state index >= 15 is 0 Å². The molecule has 2 N–H and O–H groups in total. The molecule has 24 heavy (non-hydrogen) atoms. The van der Waals surface area contributed by atoms with Crippen molar-refractivity contribution in [2.45, 2.75) is 49.3 Å². The molecule has 8 nitrogen and oxygen atoms in total. The maximum Gasteiger partial charge on any atom is 0.326 e. The number of hydrogen-bond donors (Lipinski definition) is 2. The summed E-state index contributed by atoms with van der Waals surface area (Å²) in [5.41, 5.74) is 0. The summed E-state index contributed by atoms with van der Waals surface area (Å²) in [6.45, 7) is 0. The first-order valence-corrected chi connectivity index (χ1v) is 9.42. The first kappa shape index (κ1) is 17.0. The zero-order valence-corrected chi connectivity index (χ0v) is 14.1. The number of nitrogens with one attached hydrogen (secondary N) is 1. The maximum absolute atomic E-state index is 12.8. The lowest BCUT2D eigenvalue weighted by molar-refractivity contribution is -0.141. The highest BCUT2D eigenvalue weighted by molar-refractivity contribution is 7.89. The number of likely N-dealkylation sites (tertiary alicyclic amines) is 1. The topological polar surface area (TPSA) is 117 Å². The molecule has 1 aromatic heterocycles. The highest BCUT2D eigenvalue weighted by Crippen LogP contribution is 2.40. The second-order valence-corrected chi connectivity index (χ2v) is 8.06. The minimum atomic E-state index is -3.79. The molecule has 1 amide bonds. The molecule has 0 unspecified atom stereocenters. The third-order valence-electron chi connectivity index (χ3n) is 4.93. The summed E-state index contributed by atoms with van der Waals surface area (Å²) in [7, 11) is -2.55. The summed E-state index contributed by atoms with van der Waals surface area (Å²) >= 11 is 0. The number of aliphatic carboxylic acids is 1. The second kappa shape index (κ2) is 6.21. The smallest absolute Gasteiger partial charge is 0.326 e. The quantitative estimate of drug-likeness (QED) is 0.833. The second-order valence-electron chi connectivity index (χ2n) is 6.24. The Hall–Kier alpha value is -1.87. The van der Waals surface area contributed by atoms with Gasteiger partial charge in [-0.05, 0) is 44.4 Å². The van der Waals surface area contributed by atoms with Gasteiger partial charge < -0.3 is 14.4 Å². The van der Waals surface area contributed by atoms with Crippen molar-refractivity contribution in [1.82, 2.24) is 9.62 Å². The molecule has 1 saturated carbocycles. The van der Waals surface area contributed by atoms with E-state index in [0.29, 0.717) is 6.42 Å². The van der Waals surface area contributed by atoms with E-state index in [2.05, 4.69) is 4.72 Å². The van der Waals surface area contributed by atoms with E-state index < -0.39 is 27.9 Å². The van der Waals surface area contributed by atoms with Crippen LogP contribution < -0.4 is 4.72 Å². The lowest BCUT2D eigenvalue weighted by Gasteiger charge is -2.32. The zero-order chi connectivity index (χ0) is 17.5. The van der Waals surface area contributed by atoms with E-state index in [4.69, 9.17) is 4.42 Å². The number of carboxylic acids is 1. The Morgan fingerprint density at radius 2 is 2.00 bits per heavy atom. The van der Waals surface area contributed by atoms with E-state index in [1.165, 1.54) is 24.1 Å². The van der Waals surface area contributed by atoms with Crippen molar-refractivity contribution in [3.05, 3.63) is 17.9 Å². The van der Waals surface area contributed by atoms with Gasteiger partial charge in [-0.2, -0.15) is 0 Å². The molecule has 132 valence electrons.